The fourth-order valence-corrected chi connectivity index (χ4v) is 0.449. The summed E-state index contributed by atoms with van der Waals surface area (Å²) in [6.45, 7) is 13.7. The van der Waals surface area contributed by atoms with Gasteiger partial charge in [-0.1, -0.05) is 13.2 Å². The minimum Gasteiger partial charge on any atom is -0.466 e. The molecule has 0 aliphatic heterocycles. The Labute approximate surface area is 96.9 Å². The van der Waals surface area contributed by atoms with Crippen LogP contribution in [0.5, 0.6) is 0 Å². The van der Waals surface area contributed by atoms with Crippen LogP contribution in [0.4, 0.5) is 0 Å². The number of hydrogen-bond donors (Lipinski definition) is 0. The molecular formula is C12H20O4. The summed E-state index contributed by atoms with van der Waals surface area (Å²) in [5.41, 5.74) is 0.0330. The monoisotopic (exact) mass is 228 g/mol. The third kappa shape index (κ3) is 12.4. The zero-order chi connectivity index (χ0) is 13.4. The molecule has 0 amide bonds. The van der Waals surface area contributed by atoms with Crippen LogP contribution in [-0.4, -0.2) is 24.6 Å². The van der Waals surface area contributed by atoms with Crippen LogP contribution < -0.4 is 0 Å². The van der Waals surface area contributed by atoms with Gasteiger partial charge in [0.15, 0.2) is 0 Å². The second kappa shape index (κ2) is 7.68. The van der Waals surface area contributed by atoms with E-state index >= 15 is 0 Å². The number of carbonyl (C=O) groups is 2. The molecule has 0 saturated heterocycles. The minimum absolute atomic E-state index is 0.326. The van der Waals surface area contributed by atoms with Crippen molar-refractivity contribution >= 4 is 11.9 Å². The molecule has 0 aromatic heterocycles. The van der Waals surface area contributed by atoms with E-state index in [9.17, 15) is 9.59 Å². The van der Waals surface area contributed by atoms with E-state index in [4.69, 9.17) is 4.74 Å². The van der Waals surface area contributed by atoms with E-state index in [0.29, 0.717) is 5.57 Å². The maximum absolute atomic E-state index is 10.8. The van der Waals surface area contributed by atoms with Gasteiger partial charge in [-0.25, -0.2) is 9.59 Å². The quantitative estimate of drug-likeness (QED) is 0.537. The molecule has 0 rings (SSSR count). The van der Waals surface area contributed by atoms with E-state index < -0.39 is 11.6 Å². The van der Waals surface area contributed by atoms with E-state index in [-0.39, 0.29) is 5.97 Å². The molecule has 0 N–H and O–H groups in total. The van der Waals surface area contributed by atoms with Crippen molar-refractivity contribution in [3.8, 4) is 0 Å². The van der Waals surface area contributed by atoms with Gasteiger partial charge in [0.25, 0.3) is 0 Å². The maximum atomic E-state index is 10.8. The van der Waals surface area contributed by atoms with E-state index in [1.807, 2.05) is 20.8 Å². The van der Waals surface area contributed by atoms with E-state index in [1.165, 1.54) is 7.11 Å². The van der Waals surface area contributed by atoms with Gasteiger partial charge in [0, 0.05) is 11.6 Å². The topological polar surface area (TPSA) is 52.6 Å². The molecule has 0 bridgehead atoms. The fourth-order valence-electron chi connectivity index (χ4n) is 0.449. The molecule has 0 heterocycles. The predicted octanol–water partition coefficient (Wildman–Crippen LogP) is 2.25. The Morgan fingerprint density at radius 2 is 1.69 bits per heavy atom. The van der Waals surface area contributed by atoms with Crippen LogP contribution in [0, 0.1) is 0 Å². The number of hydrogen-bond acceptors (Lipinski definition) is 4. The lowest BCUT2D eigenvalue weighted by Gasteiger charge is -2.19. The fraction of sp³-hybridized carbons (Fsp3) is 0.500. The Hall–Kier alpha value is -1.58. The van der Waals surface area contributed by atoms with Crippen LogP contribution in [0.25, 0.3) is 0 Å². The smallest absolute Gasteiger partial charge is 0.333 e. The summed E-state index contributed by atoms with van der Waals surface area (Å²) < 4.78 is 9.10. The Kier molecular flexibility index (Phi) is 8.08. The van der Waals surface area contributed by atoms with Gasteiger partial charge in [-0.3, -0.25) is 0 Å². The first kappa shape index (κ1) is 16.8. The molecule has 0 saturated carbocycles. The van der Waals surface area contributed by atoms with E-state index in [0.717, 1.165) is 6.08 Å². The lowest BCUT2D eigenvalue weighted by atomic mass is 10.2. The van der Waals surface area contributed by atoms with Crippen molar-refractivity contribution in [2.24, 2.45) is 0 Å². The van der Waals surface area contributed by atoms with Gasteiger partial charge in [0.05, 0.1) is 7.11 Å². The molecule has 0 aliphatic rings. The number of carbonyl (C=O) groups excluding carboxylic acids is 2. The van der Waals surface area contributed by atoms with Crippen molar-refractivity contribution in [3.63, 3.8) is 0 Å². The average molecular weight is 228 g/mol. The lowest BCUT2D eigenvalue weighted by Crippen LogP contribution is -2.23. The first-order chi connectivity index (χ1) is 7.14. The van der Waals surface area contributed by atoms with Gasteiger partial charge in [0.1, 0.15) is 5.60 Å². The van der Waals surface area contributed by atoms with Crippen molar-refractivity contribution in [1.82, 2.24) is 0 Å². The molecule has 92 valence electrons. The number of esters is 2. The third-order valence-corrected chi connectivity index (χ3v) is 1.12. The molecule has 0 aromatic carbocycles. The molecule has 0 aliphatic carbocycles. The Morgan fingerprint density at radius 3 is 1.75 bits per heavy atom. The Balaban J connectivity index is 0. The summed E-state index contributed by atoms with van der Waals surface area (Å²) in [6, 6.07) is 0. The molecule has 0 atom stereocenters. The minimum atomic E-state index is -0.407. The van der Waals surface area contributed by atoms with Crippen molar-refractivity contribution in [2.75, 3.05) is 7.11 Å². The van der Waals surface area contributed by atoms with Crippen LogP contribution in [0.15, 0.2) is 24.8 Å². The van der Waals surface area contributed by atoms with Crippen LogP contribution in [0.2, 0.25) is 0 Å². The van der Waals surface area contributed by atoms with Crippen LogP contribution in [-0.2, 0) is 19.1 Å². The summed E-state index contributed by atoms with van der Waals surface area (Å²) in [4.78, 5) is 20.7. The van der Waals surface area contributed by atoms with Gasteiger partial charge >= 0.3 is 11.9 Å². The summed E-state index contributed by atoms with van der Waals surface area (Å²) in [5.74, 6) is -0.720. The standard InChI is InChI=1S/C8H14O2.C4H6O2/c1-6(2)7(9)10-8(3,4)5;1-3-4(5)6-2/h1H2,2-5H3;3H,1H2,2H3. The molecule has 0 fully saturated rings. The first-order valence-electron chi connectivity index (χ1n) is 4.73. The van der Waals surface area contributed by atoms with Gasteiger partial charge in [-0.05, 0) is 27.7 Å². The summed E-state index contributed by atoms with van der Waals surface area (Å²) >= 11 is 0. The number of ether oxygens (including phenoxy) is 2. The highest BCUT2D eigenvalue weighted by Gasteiger charge is 2.15. The second-order valence-corrected chi connectivity index (χ2v) is 4.01. The molecule has 16 heavy (non-hydrogen) atoms. The zero-order valence-electron chi connectivity index (χ0n) is 10.6. The second-order valence-electron chi connectivity index (χ2n) is 4.01. The van der Waals surface area contributed by atoms with Crippen molar-refractivity contribution in [2.45, 2.75) is 33.3 Å². The van der Waals surface area contributed by atoms with Crippen LogP contribution in [0.1, 0.15) is 27.7 Å². The molecular weight excluding hydrogens is 208 g/mol. The largest absolute Gasteiger partial charge is 0.466 e. The third-order valence-electron chi connectivity index (χ3n) is 1.12. The average Bonchev–Trinajstić information content (AvgIpc) is 2.14. The van der Waals surface area contributed by atoms with Crippen molar-refractivity contribution in [3.05, 3.63) is 24.8 Å². The molecule has 4 nitrogen and oxygen atoms in total. The van der Waals surface area contributed by atoms with Crippen molar-refractivity contribution in [1.29, 1.82) is 0 Å². The van der Waals surface area contributed by atoms with Crippen LogP contribution in [0.3, 0.4) is 0 Å². The van der Waals surface area contributed by atoms with Gasteiger partial charge < -0.3 is 9.47 Å². The summed E-state index contributed by atoms with van der Waals surface area (Å²) in [7, 11) is 1.31. The molecule has 0 aromatic rings. The number of rotatable bonds is 2. The Bertz CT molecular complexity index is 271. The van der Waals surface area contributed by atoms with Gasteiger partial charge in [-0.2, -0.15) is 0 Å². The SMILES string of the molecule is C=C(C)C(=O)OC(C)(C)C.C=CC(=O)OC. The van der Waals surface area contributed by atoms with Crippen molar-refractivity contribution < 1.29 is 19.1 Å². The summed E-state index contributed by atoms with van der Waals surface area (Å²) in [5, 5.41) is 0. The highest BCUT2D eigenvalue weighted by molar-refractivity contribution is 5.87. The van der Waals surface area contributed by atoms with Gasteiger partial charge in [-0.15, -0.1) is 0 Å². The predicted molar refractivity (Wildman–Crippen MR) is 62.9 cm³/mol. The molecule has 0 radical (unpaired) electrons. The van der Waals surface area contributed by atoms with Gasteiger partial charge in [0.2, 0.25) is 0 Å². The lowest BCUT2D eigenvalue weighted by molar-refractivity contribution is -0.149. The van der Waals surface area contributed by atoms with Crippen LogP contribution >= 0.6 is 0 Å². The molecule has 0 spiro atoms. The normalized spacial score (nSPS) is 9.31. The first-order valence-corrected chi connectivity index (χ1v) is 4.73. The molecule has 0 unspecified atom stereocenters. The number of methoxy groups -OCH3 is 1. The Morgan fingerprint density at radius 1 is 1.25 bits per heavy atom. The maximum Gasteiger partial charge on any atom is 0.333 e. The van der Waals surface area contributed by atoms with E-state index in [2.05, 4.69) is 17.9 Å². The molecule has 4 heteroatoms. The highest BCUT2D eigenvalue weighted by atomic mass is 16.6. The highest BCUT2D eigenvalue weighted by Crippen LogP contribution is 2.09. The van der Waals surface area contributed by atoms with E-state index in [1.54, 1.807) is 6.92 Å². The summed E-state index contributed by atoms with van der Waals surface area (Å²) in [6.07, 6.45) is 1.11. The zero-order valence-corrected chi connectivity index (χ0v) is 10.6.